The second kappa shape index (κ2) is 5.01. The van der Waals surface area contributed by atoms with E-state index in [4.69, 9.17) is 11.6 Å². The monoisotopic (exact) mass is 212 g/mol. The first-order chi connectivity index (χ1) is 5.91. The Morgan fingerprint density at radius 1 is 1.54 bits per heavy atom. The number of allylic oxidation sites excluding steroid dienone is 1. The van der Waals surface area contributed by atoms with Crippen LogP contribution in [0.25, 0.3) is 0 Å². The Hall–Kier alpha value is -0.840. The number of hydrogen-bond donors (Lipinski definition) is 0. The molecule has 0 aliphatic rings. The topological polar surface area (TPSA) is 24.7 Å². The van der Waals surface area contributed by atoms with Crippen molar-refractivity contribution in [3.63, 3.8) is 0 Å². The molecule has 0 saturated heterocycles. The molecule has 6 heteroatoms. The molecule has 0 aromatic rings. The fraction of sp³-hybridized carbons (Fsp3) is 0.429. The van der Waals surface area contributed by atoms with Crippen LogP contribution in [0.2, 0.25) is 0 Å². The fourth-order valence-corrected chi connectivity index (χ4v) is 0.479. The first-order valence-corrected chi connectivity index (χ1v) is 3.78. The Labute approximate surface area is 78.8 Å². The highest BCUT2D eigenvalue weighted by molar-refractivity contribution is 6.19. The lowest BCUT2D eigenvalue weighted by atomic mass is 10.4. The average Bonchev–Trinajstić information content (AvgIpc) is 2.02. The third-order valence-corrected chi connectivity index (χ3v) is 1.44. The summed E-state index contributed by atoms with van der Waals surface area (Å²) in [5, 5.41) is 0. The van der Waals surface area contributed by atoms with Crippen LogP contribution in [0, 0.1) is 0 Å². The number of rotatable bonds is 2. The molecule has 74 valence electrons. The van der Waals surface area contributed by atoms with Gasteiger partial charge in [0.25, 0.3) is 0 Å². The zero-order valence-corrected chi connectivity index (χ0v) is 7.65. The van der Waals surface area contributed by atoms with Gasteiger partial charge in [-0.25, -0.2) is 9.98 Å². The normalized spacial score (nSPS) is 14.5. The van der Waals surface area contributed by atoms with Crippen LogP contribution >= 0.6 is 11.6 Å². The lowest BCUT2D eigenvalue weighted by molar-refractivity contribution is -0.0596. The van der Waals surface area contributed by atoms with Crippen LogP contribution in [0.15, 0.2) is 21.8 Å². The summed E-state index contributed by atoms with van der Waals surface area (Å²) in [4.78, 5) is 5.85. The van der Waals surface area contributed by atoms with E-state index in [1.165, 1.54) is 0 Å². The summed E-state index contributed by atoms with van der Waals surface area (Å²) >= 11 is 5.33. The molecular formula is C7H8ClF3N2. The van der Waals surface area contributed by atoms with E-state index < -0.39 is 12.0 Å². The third-order valence-electron chi connectivity index (χ3n) is 1.02. The van der Waals surface area contributed by atoms with E-state index in [1.54, 1.807) is 6.92 Å². The third kappa shape index (κ3) is 4.67. The number of alkyl halides is 4. The SMILES string of the molecule is C=N/C(=N\C=C(/C)CCl)C(F)(F)F. The number of amidine groups is 1. The summed E-state index contributed by atoms with van der Waals surface area (Å²) in [7, 11) is 0. The molecule has 0 atom stereocenters. The standard InChI is InChI=1S/C7H8ClF3N2/c1-5(3-8)4-13-6(12-2)7(9,10)11/h4H,2-3H2,1H3/b5-4+,13-6-. The summed E-state index contributed by atoms with van der Waals surface area (Å²) in [6.45, 7) is 4.33. The van der Waals surface area contributed by atoms with Crippen LogP contribution in [0.4, 0.5) is 13.2 Å². The molecule has 0 aromatic heterocycles. The van der Waals surface area contributed by atoms with Gasteiger partial charge in [0.15, 0.2) is 0 Å². The summed E-state index contributed by atoms with van der Waals surface area (Å²) in [5.74, 6) is -1.14. The molecule has 0 aliphatic carbocycles. The second-order valence-electron chi connectivity index (χ2n) is 2.22. The molecule has 0 bridgehead atoms. The van der Waals surface area contributed by atoms with Gasteiger partial charge in [0.05, 0.1) is 0 Å². The van der Waals surface area contributed by atoms with Gasteiger partial charge in [-0.1, -0.05) is 0 Å². The zero-order valence-electron chi connectivity index (χ0n) is 6.90. The maximum Gasteiger partial charge on any atom is 0.451 e. The predicted molar refractivity (Wildman–Crippen MR) is 47.5 cm³/mol. The smallest absolute Gasteiger partial charge is 0.241 e. The summed E-state index contributed by atoms with van der Waals surface area (Å²) in [6, 6.07) is 0. The zero-order chi connectivity index (χ0) is 10.5. The van der Waals surface area contributed by atoms with Crippen LogP contribution in [-0.2, 0) is 0 Å². The molecule has 0 aromatic carbocycles. The van der Waals surface area contributed by atoms with E-state index in [-0.39, 0.29) is 5.88 Å². The molecule has 0 spiro atoms. The van der Waals surface area contributed by atoms with Crippen molar-refractivity contribution < 1.29 is 13.2 Å². The maximum absolute atomic E-state index is 11.9. The second-order valence-corrected chi connectivity index (χ2v) is 2.48. The minimum absolute atomic E-state index is 0.131. The molecule has 2 nitrogen and oxygen atoms in total. The lowest BCUT2D eigenvalue weighted by Crippen LogP contribution is -2.20. The van der Waals surface area contributed by atoms with Crippen molar-refractivity contribution >= 4 is 24.2 Å². The van der Waals surface area contributed by atoms with Gasteiger partial charge in [-0.05, 0) is 19.2 Å². The Morgan fingerprint density at radius 3 is 2.38 bits per heavy atom. The Balaban J connectivity index is 4.69. The lowest BCUT2D eigenvalue weighted by Gasteiger charge is -2.02. The minimum atomic E-state index is -4.56. The van der Waals surface area contributed by atoms with Crippen molar-refractivity contribution in [2.45, 2.75) is 13.1 Å². The molecule has 0 fully saturated rings. The van der Waals surface area contributed by atoms with Crippen molar-refractivity contribution in [3.05, 3.63) is 11.8 Å². The maximum atomic E-state index is 11.9. The van der Waals surface area contributed by atoms with E-state index >= 15 is 0 Å². The highest BCUT2D eigenvalue weighted by Gasteiger charge is 2.34. The molecule has 0 saturated carbocycles. The molecule has 0 unspecified atom stereocenters. The molecule has 0 N–H and O–H groups in total. The van der Waals surface area contributed by atoms with E-state index in [2.05, 4.69) is 16.7 Å². The van der Waals surface area contributed by atoms with Gasteiger partial charge >= 0.3 is 6.18 Å². The quantitative estimate of drug-likeness (QED) is 0.382. The first-order valence-electron chi connectivity index (χ1n) is 3.25. The van der Waals surface area contributed by atoms with Crippen molar-refractivity contribution in [3.8, 4) is 0 Å². The van der Waals surface area contributed by atoms with E-state index in [0.717, 1.165) is 6.20 Å². The van der Waals surface area contributed by atoms with Crippen molar-refractivity contribution in [1.29, 1.82) is 0 Å². The molecule has 0 radical (unpaired) electrons. The van der Waals surface area contributed by atoms with Gasteiger partial charge in [-0.2, -0.15) is 13.2 Å². The van der Waals surface area contributed by atoms with Crippen LogP contribution in [-0.4, -0.2) is 24.6 Å². The van der Waals surface area contributed by atoms with Crippen LogP contribution < -0.4 is 0 Å². The van der Waals surface area contributed by atoms with Gasteiger partial charge < -0.3 is 0 Å². The highest BCUT2D eigenvalue weighted by atomic mass is 35.5. The Kier molecular flexibility index (Phi) is 4.69. The number of hydrogen-bond acceptors (Lipinski definition) is 1. The Bertz CT molecular complexity index is 243. The fourth-order valence-electron chi connectivity index (χ4n) is 0.409. The van der Waals surface area contributed by atoms with Crippen LogP contribution in [0.1, 0.15) is 6.92 Å². The molecule has 13 heavy (non-hydrogen) atoms. The van der Waals surface area contributed by atoms with Crippen molar-refractivity contribution in [2.24, 2.45) is 9.98 Å². The summed E-state index contributed by atoms with van der Waals surface area (Å²) < 4.78 is 35.8. The van der Waals surface area contributed by atoms with Crippen molar-refractivity contribution in [2.75, 3.05) is 5.88 Å². The first kappa shape index (κ1) is 12.2. The van der Waals surface area contributed by atoms with E-state index in [1.807, 2.05) is 0 Å². The van der Waals surface area contributed by atoms with E-state index in [0.29, 0.717) is 5.57 Å². The van der Waals surface area contributed by atoms with Gasteiger partial charge in [-0.15, -0.1) is 11.6 Å². The largest absolute Gasteiger partial charge is 0.451 e. The van der Waals surface area contributed by atoms with Crippen molar-refractivity contribution in [1.82, 2.24) is 0 Å². The van der Waals surface area contributed by atoms with Gasteiger partial charge in [0, 0.05) is 12.1 Å². The number of halogens is 4. The predicted octanol–water partition coefficient (Wildman–Crippen LogP) is 2.79. The number of aliphatic imine (C=N–C) groups is 2. The molecule has 0 heterocycles. The molecule has 0 rings (SSSR count). The average molecular weight is 213 g/mol. The minimum Gasteiger partial charge on any atom is -0.241 e. The van der Waals surface area contributed by atoms with E-state index in [9.17, 15) is 13.2 Å². The molecule has 0 amide bonds. The number of nitrogens with zero attached hydrogens (tertiary/aromatic N) is 2. The molecule has 0 aliphatic heterocycles. The van der Waals surface area contributed by atoms with Gasteiger partial charge in [0.2, 0.25) is 5.84 Å². The van der Waals surface area contributed by atoms with Crippen LogP contribution in [0.5, 0.6) is 0 Å². The molecular weight excluding hydrogens is 205 g/mol. The van der Waals surface area contributed by atoms with Crippen LogP contribution in [0.3, 0.4) is 0 Å². The highest BCUT2D eigenvalue weighted by Crippen LogP contribution is 2.18. The van der Waals surface area contributed by atoms with Gasteiger partial charge in [0.1, 0.15) is 0 Å². The Morgan fingerprint density at radius 2 is 2.08 bits per heavy atom. The van der Waals surface area contributed by atoms with Gasteiger partial charge in [-0.3, -0.25) is 0 Å². The summed E-state index contributed by atoms with van der Waals surface area (Å²) in [5.41, 5.74) is 0.520. The summed E-state index contributed by atoms with van der Waals surface area (Å²) in [6.07, 6.45) is -3.55.